The Bertz CT molecular complexity index is 1360. The van der Waals surface area contributed by atoms with Crippen molar-refractivity contribution in [2.75, 3.05) is 13.2 Å². The minimum atomic E-state index is -0.804. The molecule has 6 nitrogen and oxygen atoms in total. The van der Waals surface area contributed by atoms with Gasteiger partial charge in [0.15, 0.2) is 6.10 Å². The maximum Gasteiger partial charge on any atom is 0.306 e. The summed E-state index contributed by atoms with van der Waals surface area (Å²) in [4.78, 5) is 38.3. The van der Waals surface area contributed by atoms with E-state index in [1.54, 1.807) is 0 Å². The van der Waals surface area contributed by atoms with Gasteiger partial charge in [0, 0.05) is 19.3 Å². The molecule has 0 bridgehead atoms. The van der Waals surface area contributed by atoms with Crippen LogP contribution < -0.4 is 0 Å². The van der Waals surface area contributed by atoms with Gasteiger partial charge < -0.3 is 14.2 Å². The maximum atomic E-state index is 12.9. The first-order valence-corrected chi connectivity index (χ1v) is 31.4. The first-order valence-electron chi connectivity index (χ1n) is 31.4. The van der Waals surface area contributed by atoms with Crippen molar-refractivity contribution >= 4 is 17.9 Å². The second kappa shape index (κ2) is 61.4. The number of hydrogen-bond acceptors (Lipinski definition) is 6. The molecule has 0 rings (SSSR count). The molecule has 0 fully saturated rings. The van der Waals surface area contributed by atoms with E-state index in [0.717, 1.165) is 77.0 Å². The van der Waals surface area contributed by atoms with E-state index < -0.39 is 6.10 Å². The predicted octanol–water partition coefficient (Wildman–Crippen LogP) is 21.3. The first-order chi connectivity index (χ1) is 36.0. The molecule has 0 saturated carbocycles. The highest BCUT2D eigenvalue weighted by atomic mass is 16.6. The minimum Gasteiger partial charge on any atom is -0.462 e. The van der Waals surface area contributed by atoms with Crippen LogP contribution in [0.4, 0.5) is 0 Å². The Labute approximate surface area is 453 Å². The van der Waals surface area contributed by atoms with Crippen LogP contribution in [-0.4, -0.2) is 37.2 Å². The molecule has 1 atom stereocenters. The molecule has 0 saturated heterocycles. The van der Waals surface area contributed by atoms with Gasteiger partial charge >= 0.3 is 17.9 Å². The fourth-order valence-electron chi connectivity index (χ4n) is 9.06. The van der Waals surface area contributed by atoms with E-state index in [4.69, 9.17) is 14.2 Å². The fraction of sp³-hybridized carbons (Fsp3) is 0.776. The standard InChI is InChI=1S/C67H118O6/c1-4-7-10-13-16-19-22-25-28-31-34-37-39-42-45-48-51-54-57-60-66(69)72-63-64(73-67(70)61-58-55-52-49-46-43-40-36-33-30-27-24-21-18-15-12-9-6-3)62-71-65(68)59-56-53-50-47-44-41-38-35-32-29-26-23-20-17-14-11-8-5-2/h7,10,16,19,25,28,34,37,42,45,51,54,64H,4-6,8-9,11-15,17-18,20-24,26-27,29-33,35-36,38-41,43-44,46-50,52-53,55-63H2,1-3H3/b10-7+,19-16+,28-25+,37-34+,45-42+,54-51+/t64-/m1/s1. The molecule has 0 N–H and O–H groups in total. The molecular formula is C67H118O6. The monoisotopic (exact) mass is 1020 g/mol. The lowest BCUT2D eigenvalue weighted by atomic mass is 10.0. The summed E-state index contributed by atoms with van der Waals surface area (Å²) in [5.74, 6) is -0.964. The largest absolute Gasteiger partial charge is 0.462 e. The normalized spacial score (nSPS) is 12.5. The van der Waals surface area contributed by atoms with Crippen molar-refractivity contribution in [1.29, 1.82) is 0 Å². The molecule has 0 heterocycles. The molecule has 422 valence electrons. The topological polar surface area (TPSA) is 78.9 Å². The lowest BCUT2D eigenvalue weighted by molar-refractivity contribution is -0.166. The summed E-state index contributed by atoms with van der Waals surface area (Å²) in [7, 11) is 0. The van der Waals surface area contributed by atoms with Crippen molar-refractivity contribution in [3.05, 3.63) is 72.9 Å². The molecule has 0 aliphatic rings. The highest BCUT2D eigenvalue weighted by Crippen LogP contribution is 2.17. The molecule has 73 heavy (non-hydrogen) atoms. The van der Waals surface area contributed by atoms with Crippen LogP contribution in [0.25, 0.3) is 0 Å². The smallest absolute Gasteiger partial charge is 0.306 e. The van der Waals surface area contributed by atoms with E-state index in [-0.39, 0.29) is 37.5 Å². The third-order valence-corrected chi connectivity index (χ3v) is 13.7. The zero-order chi connectivity index (χ0) is 52.9. The number of rotatable bonds is 57. The van der Waals surface area contributed by atoms with Crippen LogP contribution in [0.2, 0.25) is 0 Å². The second-order valence-electron chi connectivity index (χ2n) is 21.0. The zero-order valence-corrected chi connectivity index (χ0v) is 48.4. The average Bonchev–Trinajstić information content (AvgIpc) is 3.39. The van der Waals surface area contributed by atoms with Gasteiger partial charge in [-0.05, 0) is 57.8 Å². The molecule has 0 aliphatic heterocycles. The van der Waals surface area contributed by atoms with E-state index in [1.807, 2.05) is 6.08 Å². The number of carbonyl (C=O) groups excluding carboxylic acids is 3. The molecule has 6 heteroatoms. The summed E-state index contributed by atoms with van der Waals surface area (Å²) in [6.45, 7) is 6.51. The van der Waals surface area contributed by atoms with Gasteiger partial charge in [-0.1, -0.05) is 312 Å². The van der Waals surface area contributed by atoms with Gasteiger partial charge in [0.05, 0.1) is 0 Å². The summed E-state index contributed by atoms with van der Waals surface area (Å²) < 4.78 is 16.9. The molecule has 0 aromatic carbocycles. The lowest BCUT2D eigenvalue weighted by Crippen LogP contribution is -2.30. The number of unbranched alkanes of at least 4 members (excludes halogenated alkanes) is 34. The molecule has 0 amide bonds. The second-order valence-corrected chi connectivity index (χ2v) is 21.0. The van der Waals surface area contributed by atoms with Crippen LogP contribution in [0.1, 0.15) is 316 Å². The maximum absolute atomic E-state index is 12.9. The summed E-state index contributed by atoms with van der Waals surface area (Å²) in [5.41, 5.74) is 0. The number of esters is 3. The quantitative estimate of drug-likeness (QED) is 0.0261. The van der Waals surface area contributed by atoms with Crippen LogP contribution in [0.15, 0.2) is 72.9 Å². The molecule has 0 unspecified atom stereocenters. The van der Waals surface area contributed by atoms with Crippen molar-refractivity contribution in [3.63, 3.8) is 0 Å². The number of allylic oxidation sites excluding steroid dienone is 12. The van der Waals surface area contributed by atoms with Crippen LogP contribution in [0.5, 0.6) is 0 Å². The van der Waals surface area contributed by atoms with Gasteiger partial charge in [-0.15, -0.1) is 0 Å². The van der Waals surface area contributed by atoms with E-state index in [1.165, 1.54) is 193 Å². The average molecular weight is 1020 g/mol. The van der Waals surface area contributed by atoms with E-state index >= 15 is 0 Å². The molecule has 0 aromatic rings. The van der Waals surface area contributed by atoms with Crippen LogP contribution >= 0.6 is 0 Å². The Morgan fingerprint density at radius 1 is 0.288 bits per heavy atom. The summed E-state index contributed by atoms with van der Waals surface area (Å²) in [6.07, 6.45) is 79.2. The van der Waals surface area contributed by atoms with Crippen molar-refractivity contribution < 1.29 is 28.6 Å². The first kappa shape index (κ1) is 69.8. The van der Waals surface area contributed by atoms with Crippen molar-refractivity contribution in [2.24, 2.45) is 0 Å². The van der Waals surface area contributed by atoms with Crippen molar-refractivity contribution in [2.45, 2.75) is 322 Å². The number of carbonyl (C=O) groups is 3. The van der Waals surface area contributed by atoms with E-state index in [0.29, 0.717) is 19.3 Å². The van der Waals surface area contributed by atoms with Gasteiger partial charge in [0.2, 0.25) is 0 Å². The van der Waals surface area contributed by atoms with Gasteiger partial charge in [-0.25, -0.2) is 0 Å². The predicted molar refractivity (Wildman–Crippen MR) is 316 cm³/mol. The minimum absolute atomic E-state index is 0.0941. The number of ether oxygens (including phenoxy) is 3. The molecule has 0 radical (unpaired) electrons. The third-order valence-electron chi connectivity index (χ3n) is 13.7. The van der Waals surface area contributed by atoms with E-state index in [9.17, 15) is 14.4 Å². The Balaban J connectivity index is 4.44. The van der Waals surface area contributed by atoms with Crippen molar-refractivity contribution in [3.8, 4) is 0 Å². The highest BCUT2D eigenvalue weighted by molar-refractivity contribution is 5.71. The van der Waals surface area contributed by atoms with Gasteiger partial charge in [0.1, 0.15) is 13.2 Å². The lowest BCUT2D eigenvalue weighted by Gasteiger charge is -2.18. The fourth-order valence-corrected chi connectivity index (χ4v) is 9.06. The van der Waals surface area contributed by atoms with Crippen molar-refractivity contribution in [1.82, 2.24) is 0 Å². The Morgan fingerprint density at radius 3 is 0.836 bits per heavy atom. The molecular weight excluding hydrogens is 901 g/mol. The van der Waals surface area contributed by atoms with Gasteiger partial charge in [0.25, 0.3) is 0 Å². The molecule has 0 aliphatic carbocycles. The van der Waals surface area contributed by atoms with Gasteiger partial charge in [-0.3, -0.25) is 14.4 Å². The Morgan fingerprint density at radius 2 is 0.534 bits per heavy atom. The number of hydrogen-bond donors (Lipinski definition) is 0. The highest BCUT2D eigenvalue weighted by Gasteiger charge is 2.19. The Kier molecular flexibility index (Phi) is 58.7. The van der Waals surface area contributed by atoms with E-state index in [2.05, 4.69) is 87.6 Å². The SMILES string of the molecule is CC/C=C/C/C=C/C/C=C/C/C=C/C/C=C/C/C=C/CCC(=O)OC[C@@H](COC(=O)CCCCCCCCCCCCCCCCCCCC)OC(=O)CCCCCCCCCCCCCCCCCCCC. The summed E-state index contributed by atoms with van der Waals surface area (Å²) in [6, 6.07) is 0. The Hall–Kier alpha value is -3.15. The summed E-state index contributed by atoms with van der Waals surface area (Å²) >= 11 is 0. The zero-order valence-electron chi connectivity index (χ0n) is 48.4. The third kappa shape index (κ3) is 59.6. The summed E-state index contributed by atoms with van der Waals surface area (Å²) in [5, 5.41) is 0. The molecule has 0 spiro atoms. The van der Waals surface area contributed by atoms with Gasteiger partial charge in [-0.2, -0.15) is 0 Å². The van der Waals surface area contributed by atoms with Crippen LogP contribution in [-0.2, 0) is 28.6 Å². The van der Waals surface area contributed by atoms with Crippen LogP contribution in [0.3, 0.4) is 0 Å². The molecule has 0 aromatic heterocycles. The van der Waals surface area contributed by atoms with Crippen LogP contribution in [0, 0.1) is 0 Å².